The Morgan fingerprint density at radius 2 is 0.614 bits per heavy atom. The maximum Gasteiger partial charge on any atom is 0.137 e. The van der Waals surface area contributed by atoms with E-state index in [-0.39, 0.29) is 0 Å². The first-order valence-electron chi connectivity index (χ1n) is 13.9. The number of pyridine rings is 4. The van der Waals surface area contributed by atoms with Crippen molar-refractivity contribution in [1.29, 1.82) is 0 Å². The van der Waals surface area contributed by atoms with Crippen molar-refractivity contribution in [2.24, 2.45) is 20.4 Å². The summed E-state index contributed by atoms with van der Waals surface area (Å²) in [6, 6.07) is 42.2. The lowest BCUT2D eigenvalue weighted by atomic mass is 10.00. The lowest BCUT2D eigenvalue weighted by Gasteiger charge is -2.10. The first kappa shape index (κ1) is 27.9. The number of aromatic nitrogens is 4. The normalized spacial score (nSPS) is 11.5. The molecule has 0 aliphatic heterocycles. The van der Waals surface area contributed by atoms with E-state index < -0.39 is 0 Å². The van der Waals surface area contributed by atoms with Gasteiger partial charge in [-0.25, -0.2) is 0 Å². The third kappa shape index (κ3) is 6.78. The largest absolute Gasteiger partial charge is 0.254 e. The van der Waals surface area contributed by atoms with Crippen LogP contribution in [0.15, 0.2) is 179 Å². The van der Waals surface area contributed by atoms with Gasteiger partial charge in [-0.05, 0) is 48.5 Å². The Hall–Kier alpha value is -6.28. The van der Waals surface area contributed by atoms with Crippen LogP contribution in [0.5, 0.6) is 0 Å². The lowest BCUT2D eigenvalue weighted by Crippen LogP contribution is -2.18. The van der Waals surface area contributed by atoms with Crippen LogP contribution in [0.3, 0.4) is 0 Å². The number of hydrogen-bond acceptors (Lipinski definition) is 8. The van der Waals surface area contributed by atoms with Crippen molar-refractivity contribution in [3.63, 3.8) is 0 Å². The highest BCUT2D eigenvalue weighted by Gasteiger charge is 2.18. The van der Waals surface area contributed by atoms with Crippen molar-refractivity contribution in [2.75, 3.05) is 0 Å². The van der Waals surface area contributed by atoms with Gasteiger partial charge in [0, 0.05) is 35.9 Å². The monoisotopic (exact) mass is 570 g/mol. The minimum Gasteiger partial charge on any atom is -0.254 e. The predicted molar refractivity (Wildman–Crippen MR) is 174 cm³/mol. The van der Waals surface area contributed by atoms with E-state index in [9.17, 15) is 0 Å². The van der Waals surface area contributed by atoms with Gasteiger partial charge in [-0.2, -0.15) is 0 Å². The van der Waals surface area contributed by atoms with Gasteiger partial charge in [0.25, 0.3) is 0 Å². The second-order valence-electron chi connectivity index (χ2n) is 9.39. The fourth-order valence-corrected chi connectivity index (χ4v) is 4.35. The predicted octanol–water partition coefficient (Wildman–Crippen LogP) is 6.45. The third-order valence-electron chi connectivity index (χ3n) is 6.45. The Labute approximate surface area is 255 Å². The quantitative estimate of drug-likeness (QED) is 0.147. The van der Waals surface area contributed by atoms with E-state index in [1.54, 1.807) is 24.8 Å². The van der Waals surface area contributed by atoms with Gasteiger partial charge in [-0.1, -0.05) is 84.9 Å². The molecule has 8 heteroatoms. The number of nitrogens with zero attached hydrogens (tertiary/aromatic N) is 8. The SMILES string of the molecule is c1ccc(C(=NN=C(c2ccccn2)c2ccccn2)/C(=N\N=C(c2ccccn2)c2ccccn2)c2ccccc2)cc1. The Kier molecular flexibility index (Phi) is 8.91. The van der Waals surface area contributed by atoms with Gasteiger partial charge in [-0.3, -0.25) is 19.9 Å². The summed E-state index contributed by atoms with van der Waals surface area (Å²) in [7, 11) is 0. The zero-order chi connectivity index (χ0) is 29.8. The topological polar surface area (TPSA) is 101 Å². The van der Waals surface area contributed by atoms with Crippen LogP contribution in [0, 0.1) is 0 Å². The molecule has 2 aromatic carbocycles. The van der Waals surface area contributed by atoms with Crippen LogP contribution < -0.4 is 0 Å². The molecule has 0 radical (unpaired) electrons. The average molecular weight is 571 g/mol. The molecule has 0 aliphatic rings. The van der Waals surface area contributed by atoms with Gasteiger partial charge in [0.2, 0.25) is 0 Å². The Morgan fingerprint density at radius 3 is 0.886 bits per heavy atom. The molecule has 0 unspecified atom stereocenters. The van der Waals surface area contributed by atoms with E-state index >= 15 is 0 Å². The van der Waals surface area contributed by atoms with Crippen molar-refractivity contribution in [2.45, 2.75) is 0 Å². The first-order valence-corrected chi connectivity index (χ1v) is 13.9. The third-order valence-corrected chi connectivity index (χ3v) is 6.45. The minimum absolute atomic E-state index is 0.520. The molecule has 4 aromatic heterocycles. The second-order valence-corrected chi connectivity index (χ2v) is 9.39. The van der Waals surface area contributed by atoms with Crippen molar-refractivity contribution in [1.82, 2.24) is 19.9 Å². The molecule has 0 aliphatic carbocycles. The van der Waals surface area contributed by atoms with Crippen LogP contribution in [0.25, 0.3) is 0 Å². The van der Waals surface area contributed by atoms with Gasteiger partial charge < -0.3 is 0 Å². The number of rotatable bonds is 9. The van der Waals surface area contributed by atoms with Crippen molar-refractivity contribution < 1.29 is 0 Å². The van der Waals surface area contributed by atoms with E-state index in [0.717, 1.165) is 11.1 Å². The van der Waals surface area contributed by atoms with Crippen LogP contribution >= 0.6 is 0 Å². The summed E-state index contributed by atoms with van der Waals surface area (Å²) >= 11 is 0. The molecule has 0 fully saturated rings. The highest BCUT2D eigenvalue weighted by molar-refractivity contribution is 6.53. The summed E-state index contributed by atoms with van der Waals surface area (Å²) in [5, 5.41) is 19.2. The van der Waals surface area contributed by atoms with Crippen LogP contribution in [0.2, 0.25) is 0 Å². The number of benzene rings is 2. The van der Waals surface area contributed by atoms with E-state index in [0.29, 0.717) is 45.6 Å². The molecule has 0 atom stereocenters. The molecule has 6 aromatic rings. The van der Waals surface area contributed by atoms with E-state index in [4.69, 9.17) is 20.4 Å². The molecule has 0 saturated heterocycles. The summed E-state index contributed by atoms with van der Waals surface area (Å²) in [6.07, 6.45) is 6.88. The Morgan fingerprint density at radius 1 is 0.318 bits per heavy atom. The van der Waals surface area contributed by atoms with Crippen LogP contribution in [-0.4, -0.2) is 42.8 Å². The molecular formula is C36H26N8. The lowest BCUT2D eigenvalue weighted by molar-refractivity contribution is 1.17. The Bertz CT molecular complexity index is 1680. The molecule has 0 saturated carbocycles. The summed E-state index contributed by atoms with van der Waals surface area (Å²) in [5.41, 5.74) is 6.30. The first-order chi connectivity index (χ1) is 21.9. The maximum absolute atomic E-state index is 4.84. The minimum atomic E-state index is 0.520. The van der Waals surface area contributed by atoms with E-state index in [2.05, 4.69) is 19.9 Å². The van der Waals surface area contributed by atoms with Crippen LogP contribution in [-0.2, 0) is 0 Å². The van der Waals surface area contributed by atoms with Crippen molar-refractivity contribution in [3.05, 3.63) is 192 Å². The molecular weight excluding hydrogens is 544 g/mol. The summed E-state index contributed by atoms with van der Waals surface area (Å²) in [4.78, 5) is 18.1. The van der Waals surface area contributed by atoms with Gasteiger partial charge >= 0.3 is 0 Å². The second kappa shape index (κ2) is 14.1. The van der Waals surface area contributed by atoms with Gasteiger partial charge in [0.15, 0.2) is 0 Å². The maximum atomic E-state index is 4.84. The fourth-order valence-electron chi connectivity index (χ4n) is 4.35. The van der Waals surface area contributed by atoms with Gasteiger partial charge in [0.05, 0.1) is 22.8 Å². The zero-order valence-electron chi connectivity index (χ0n) is 23.6. The fraction of sp³-hybridized carbons (Fsp3) is 0. The molecule has 0 spiro atoms. The highest BCUT2D eigenvalue weighted by Crippen LogP contribution is 2.15. The molecule has 0 N–H and O–H groups in total. The molecule has 0 bridgehead atoms. The van der Waals surface area contributed by atoms with Crippen molar-refractivity contribution in [3.8, 4) is 0 Å². The highest BCUT2D eigenvalue weighted by atomic mass is 15.3. The molecule has 8 nitrogen and oxygen atoms in total. The number of hydrogen-bond donors (Lipinski definition) is 0. The van der Waals surface area contributed by atoms with E-state index in [1.165, 1.54) is 0 Å². The zero-order valence-corrected chi connectivity index (χ0v) is 23.6. The summed E-state index contributed by atoms with van der Waals surface area (Å²) < 4.78 is 0. The molecule has 44 heavy (non-hydrogen) atoms. The molecule has 210 valence electrons. The smallest absolute Gasteiger partial charge is 0.137 e. The molecule has 4 heterocycles. The van der Waals surface area contributed by atoms with Crippen LogP contribution in [0.4, 0.5) is 0 Å². The summed E-state index contributed by atoms with van der Waals surface area (Å²) in [5.74, 6) is 0. The molecule has 6 rings (SSSR count). The average Bonchev–Trinajstić information content (AvgIpc) is 3.11. The molecule has 0 amide bonds. The van der Waals surface area contributed by atoms with Crippen LogP contribution in [0.1, 0.15) is 33.9 Å². The summed E-state index contributed by atoms with van der Waals surface area (Å²) in [6.45, 7) is 0. The van der Waals surface area contributed by atoms with E-state index in [1.807, 2.05) is 133 Å². The van der Waals surface area contributed by atoms with Crippen molar-refractivity contribution >= 4 is 22.8 Å². The van der Waals surface area contributed by atoms with Gasteiger partial charge in [0.1, 0.15) is 22.8 Å². The Balaban J connectivity index is 1.59. The standard InChI is InChI=1S/C36H26N8/c1-3-15-27(16-4-1)33(41-43-35(29-19-7-11-23-37-29)30-20-8-12-24-38-30)34(28-17-5-2-6-18-28)42-44-36(31-21-9-13-25-39-31)32-22-10-14-26-40-32/h1-26H/b41-33-,42-34?. The van der Waals surface area contributed by atoms with Gasteiger partial charge in [-0.15, -0.1) is 20.4 Å².